The highest BCUT2D eigenvalue weighted by Gasteiger charge is 2.09. The van der Waals surface area contributed by atoms with E-state index in [1.165, 1.54) is 7.11 Å². The van der Waals surface area contributed by atoms with Crippen molar-refractivity contribution in [1.29, 1.82) is 0 Å². The van der Waals surface area contributed by atoms with Gasteiger partial charge >= 0.3 is 0 Å². The minimum atomic E-state index is -0.434. The number of methoxy groups -OCH3 is 2. The molecule has 1 rings (SSSR count). The molecule has 0 aliphatic rings. The lowest BCUT2D eigenvalue weighted by Gasteiger charge is -2.08. The van der Waals surface area contributed by atoms with E-state index in [-0.39, 0.29) is 12.4 Å². The van der Waals surface area contributed by atoms with Crippen molar-refractivity contribution in [2.24, 2.45) is 16.5 Å². The summed E-state index contributed by atoms with van der Waals surface area (Å²) in [5.74, 6) is 0.539. The van der Waals surface area contributed by atoms with Gasteiger partial charge < -0.3 is 20.9 Å². The number of rotatable bonds is 4. The lowest BCUT2D eigenvalue weighted by Crippen LogP contribution is -2.24. The van der Waals surface area contributed by atoms with Gasteiger partial charge in [0.15, 0.2) is 5.96 Å². The molecule has 1 aromatic carbocycles. The summed E-state index contributed by atoms with van der Waals surface area (Å²) >= 11 is 0. The number of amides is 1. The Kier molecular flexibility index (Phi) is 4.33. The maximum atomic E-state index is 11.4. The molecule has 0 bridgehead atoms. The molecule has 17 heavy (non-hydrogen) atoms. The molecule has 0 spiro atoms. The van der Waals surface area contributed by atoms with E-state index >= 15 is 0 Å². The Morgan fingerprint density at radius 2 is 2.00 bits per heavy atom. The van der Waals surface area contributed by atoms with Crippen molar-refractivity contribution in [3.8, 4) is 11.5 Å². The van der Waals surface area contributed by atoms with Gasteiger partial charge in [0, 0.05) is 5.56 Å². The second kappa shape index (κ2) is 5.74. The monoisotopic (exact) mass is 237 g/mol. The molecule has 0 saturated carbocycles. The number of carbonyl (C=O) groups is 1. The first-order valence-electron chi connectivity index (χ1n) is 4.90. The van der Waals surface area contributed by atoms with Crippen LogP contribution in [0.15, 0.2) is 23.2 Å². The van der Waals surface area contributed by atoms with Gasteiger partial charge in [-0.05, 0) is 18.2 Å². The molecule has 1 amide bonds. The number of guanidine groups is 1. The topological polar surface area (TPSA) is 99.9 Å². The van der Waals surface area contributed by atoms with E-state index in [2.05, 4.69) is 4.99 Å². The molecule has 0 radical (unpaired) electrons. The maximum Gasteiger partial charge on any atom is 0.253 e. The van der Waals surface area contributed by atoms with E-state index < -0.39 is 5.91 Å². The molecule has 92 valence electrons. The van der Waals surface area contributed by atoms with E-state index in [1.807, 2.05) is 0 Å². The third-order valence-corrected chi connectivity index (χ3v) is 2.08. The summed E-state index contributed by atoms with van der Waals surface area (Å²) in [7, 11) is 3.07. The van der Waals surface area contributed by atoms with Crippen molar-refractivity contribution < 1.29 is 14.3 Å². The van der Waals surface area contributed by atoms with E-state index in [1.54, 1.807) is 25.3 Å². The van der Waals surface area contributed by atoms with Crippen molar-refractivity contribution in [3.63, 3.8) is 0 Å². The lowest BCUT2D eigenvalue weighted by molar-refractivity contribution is -0.117. The number of nitrogens with zero attached hydrogens (tertiary/aromatic N) is 1. The van der Waals surface area contributed by atoms with Crippen LogP contribution in [0, 0.1) is 0 Å². The van der Waals surface area contributed by atoms with E-state index in [0.29, 0.717) is 17.1 Å². The van der Waals surface area contributed by atoms with Crippen LogP contribution in [0.5, 0.6) is 11.5 Å². The number of aliphatic imine (C=N–C) groups is 1. The van der Waals surface area contributed by atoms with Gasteiger partial charge in [0.05, 0.1) is 20.6 Å². The van der Waals surface area contributed by atoms with Crippen LogP contribution >= 0.6 is 0 Å². The molecule has 0 aliphatic heterocycles. The van der Waals surface area contributed by atoms with Crippen LogP contribution < -0.4 is 20.9 Å². The zero-order valence-corrected chi connectivity index (χ0v) is 9.77. The number of nitrogens with two attached hydrogens (primary N) is 2. The van der Waals surface area contributed by atoms with E-state index in [4.69, 9.17) is 20.9 Å². The number of hydrogen-bond acceptors (Lipinski definition) is 3. The Labute approximate surface area is 99.2 Å². The summed E-state index contributed by atoms with van der Waals surface area (Å²) in [6.07, 6.45) is 0.0538. The van der Waals surface area contributed by atoms with Crippen LogP contribution in [0.1, 0.15) is 5.56 Å². The van der Waals surface area contributed by atoms with Gasteiger partial charge in [0.25, 0.3) is 5.91 Å². The molecule has 0 heterocycles. The smallest absolute Gasteiger partial charge is 0.253 e. The first-order valence-corrected chi connectivity index (χ1v) is 4.90. The Morgan fingerprint density at radius 3 is 2.53 bits per heavy atom. The fourth-order valence-electron chi connectivity index (χ4n) is 1.37. The van der Waals surface area contributed by atoms with Crippen molar-refractivity contribution in [1.82, 2.24) is 0 Å². The summed E-state index contributed by atoms with van der Waals surface area (Å²) in [6.45, 7) is 0. The molecular weight excluding hydrogens is 222 g/mol. The van der Waals surface area contributed by atoms with Crippen molar-refractivity contribution >= 4 is 11.9 Å². The van der Waals surface area contributed by atoms with Gasteiger partial charge in [-0.1, -0.05) is 0 Å². The van der Waals surface area contributed by atoms with Crippen LogP contribution in [0.3, 0.4) is 0 Å². The number of carbonyl (C=O) groups excluding carboxylic acids is 1. The molecule has 6 nitrogen and oxygen atoms in total. The highest BCUT2D eigenvalue weighted by Crippen LogP contribution is 2.24. The van der Waals surface area contributed by atoms with Gasteiger partial charge in [0.2, 0.25) is 0 Å². The van der Waals surface area contributed by atoms with Crippen LogP contribution in [0.4, 0.5) is 0 Å². The van der Waals surface area contributed by atoms with Crippen molar-refractivity contribution in [3.05, 3.63) is 23.8 Å². The number of ether oxygens (including phenoxy) is 2. The van der Waals surface area contributed by atoms with Crippen LogP contribution in [0.25, 0.3) is 0 Å². The average Bonchev–Trinajstić information content (AvgIpc) is 2.27. The Morgan fingerprint density at radius 1 is 1.29 bits per heavy atom. The summed E-state index contributed by atoms with van der Waals surface area (Å²) in [4.78, 5) is 14.9. The summed E-state index contributed by atoms with van der Waals surface area (Å²) in [6, 6.07) is 5.17. The Hall–Kier alpha value is -2.24. The number of hydrogen-bond donors (Lipinski definition) is 2. The number of benzene rings is 1. The highest BCUT2D eigenvalue weighted by atomic mass is 16.5. The lowest BCUT2D eigenvalue weighted by atomic mass is 10.1. The Bertz CT molecular complexity index is 440. The second-order valence-electron chi connectivity index (χ2n) is 3.28. The second-order valence-corrected chi connectivity index (χ2v) is 3.28. The van der Waals surface area contributed by atoms with Crippen molar-refractivity contribution in [2.45, 2.75) is 6.42 Å². The standard InChI is InChI=1S/C11H15N3O3/c1-16-8-3-4-9(17-2)7(5-8)6-10(15)14-11(12)13/h3-5H,6H2,1-2H3,(H4,12,13,14,15). The molecule has 0 fully saturated rings. The summed E-state index contributed by atoms with van der Waals surface area (Å²) < 4.78 is 10.2. The van der Waals surface area contributed by atoms with Crippen LogP contribution in [0.2, 0.25) is 0 Å². The van der Waals surface area contributed by atoms with Gasteiger partial charge in [0.1, 0.15) is 11.5 Å². The first-order chi connectivity index (χ1) is 8.06. The molecule has 0 saturated heterocycles. The minimum absolute atomic E-state index is 0.0538. The quantitative estimate of drug-likeness (QED) is 0.569. The fraction of sp³-hybridized carbons (Fsp3) is 0.273. The molecule has 0 atom stereocenters. The fourth-order valence-corrected chi connectivity index (χ4v) is 1.37. The van der Waals surface area contributed by atoms with Gasteiger partial charge in [-0.2, -0.15) is 4.99 Å². The van der Waals surface area contributed by atoms with Gasteiger partial charge in [-0.3, -0.25) is 4.79 Å². The van der Waals surface area contributed by atoms with Crippen LogP contribution in [-0.2, 0) is 11.2 Å². The largest absolute Gasteiger partial charge is 0.497 e. The van der Waals surface area contributed by atoms with E-state index in [0.717, 1.165) is 0 Å². The normalized spacial score (nSPS) is 9.53. The summed E-state index contributed by atoms with van der Waals surface area (Å²) in [5, 5.41) is 0. The third kappa shape index (κ3) is 3.67. The zero-order chi connectivity index (χ0) is 12.8. The summed E-state index contributed by atoms with van der Waals surface area (Å²) in [5.41, 5.74) is 10.9. The molecule has 6 heteroatoms. The maximum absolute atomic E-state index is 11.4. The molecule has 4 N–H and O–H groups in total. The van der Waals surface area contributed by atoms with E-state index in [9.17, 15) is 4.79 Å². The van der Waals surface area contributed by atoms with Gasteiger partial charge in [-0.25, -0.2) is 0 Å². The predicted octanol–water partition coefficient (Wildman–Crippen LogP) is 0.0463. The highest BCUT2D eigenvalue weighted by molar-refractivity contribution is 5.92. The predicted molar refractivity (Wildman–Crippen MR) is 64.1 cm³/mol. The van der Waals surface area contributed by atoms with Crippen molar-refractivity contribution in [2.75, 3.05) is 14.2 Å². The SMILES string of the molecule is COc1ccc(OC)c(CC(=O)N=C(N)N)c1. The minimum Gasteiger partial charge on any atom is -0.497 e. The molecule has 0 aliphatic carbocycles. The molecule has 0 aromatic heterocycles. The van der Waals surface area contributed by atoms with Crippen LogP contribution in [-0.4, -0.2) is 26.1 Å². The zero-order valence-electron chi connectivity index (χ0n) is 9.77. The molecule has 0 unspecified atom stereocenters. The van der Waals surface area contributed by atoms with Gasteiger partial charge in [-0.15, -0.1) is 0 Å². The first kappa shape index (κ1) is 12.8. The third-order valence-electron chi connectivity index (χ3n) is 2.08. The molecule has 1 aromatic rings. The average molecular weight is 237 g/mol. The Balaban J connectivity index is 2.95. The molecular formula is C11H15N3O3.